The number of hydrogen-bond donors (Lipinski definition) is 0. The summed E-state index contributed by atoms with van der Waals surface area (Å²) in [6, 6.07) is 9.63. The predicted octanol–water partition coefficient (Wildman–Crippen LogP) is 1.63. The molecule has 1 aromatic carbocycles. The van der Waals surface area contributed by atoms with Gasteiger partial charge in [-0.2, -0.15) is 5.26 Å². The highest BCUT2D eigenvalue weighted by molar-refractivity contribution is 5.50. The lowest BCUT2D eigenvalue weighted by Gasteiger charge is -2.14. The largest absolute Gasteiger partial charge is 0.361 e. The Labute approximate surface area is 78.4 Å². The summed E-state index contributed by atoms with van der Waals surface area (Å²) in [5.41, 5.74) is 1.86. The molecule has 1 aromatic rings. The van der Waals surface area contributed by atoms with Crippen molar-refractivity contribution < 1.29 is 0 Å². The summed E-state index contributed by atoms with van der Waals surface area (Å²) in [7, 11) is 1.87. The van der Waals surface area contributed by atoms with Gasteiger partial charge < -0.3 is 4.90 Å². The van der Waals surface area contributed by atoms with Gasteiger partial charge in [0, 0.05) is 18.3 Å². The molecule has 0 atom stereocenters. The monoisotopic (exact) mass is 170 g/mol. The van der Waals surface area contributed by atoms with Crippen molar-refractivity contribution in [3.63, 3.8) is 0 Å². The van der Waals surface area contributed by atoms with Gasteiger partial charge >= 0.3 is 0 Å². The first-order chi connectivity index (χ1) is 6.27. The van der Waals surface area contributed by atoms with Crippen molar-refractivity contribution >= 4 is 5.69 Å². The van der Waals surface area contributed by atoms with Crippen LogP contribution < -0.4 is 4.90 Å². The zero-order valence-corrected chi connectivity index (χ0v) is 7.49. The predicted molar refractivity (Wildman–Crippen MR) is 53.3 cm³/mol. The van der Waals surface area contributed by atoms with Crippen LogP contribution in [0.1, 0.15) is 5.56 Å². The Bertz CT molecular complexity index is 351. The van der Waals surface area contributed by atoms with Gasteiger partial charge in [-0.1, -0.05) is 5.92 Å². The van der Waals surface area contributed by atoms with E-state index in [2.05, 4.69) is 12.0 Å². The van der Waals surface area contributed by atoms with E-state index in [1.165, 1.54) is 0 Å². The van der Waals surface area contributed by atoms with Gasteiger partial charge in [0.15, 0.2) is 0 Å². The second-order valence-electron chi connectivity index (χ2n) is 2.71. The second-order valence-corrected chi connectivity index (χ2v) is 2.71. The molecule has 0 unspecified atom stereocenters. The molecule has 64 valence electrons. The fraction of sp³-hybridized carbons (Fsp3) is 0.182. The topological polar surface area (TPSA) is 27.0 Å². The average Bonchev–Trinajstić information content (AvgIpc) is 2.18. The number of rotatable bonds is 2. The van der Waals surface area contributed by atoms with Crippen LogP contribution in [-0.4, -0.2) is 13.6 Å². The highest BCUT2D eigenvalue weighted by atomic mass is 15.1. The Morgan fingerprint density at radius 2 is 2.00 bits per heavy atom. The molecule has 13 heavy (non-hydrogen) atoms. The Morgan fingerprint density at radius 3 is 2.46 bits per heavy atom. The SMILES string of the molecule is C#Cc1ccc(N(C)CC#N)cc1. The molecular weight excluding hydrogens is 160 g/mol. The smallest absolute Gasteiger partial charge is 0.105 e. The first-order valence-electron chi connectivity index (χ1n) is 3.92. The number of benzene rings is 1. The van der Waals surface area contributed by atoms with Gasteiger partial charge in [0.25, 0.3) is 0 Å². The lowest BCUT2D eigenvalue weighted by atomic mass is 10.2. The Hall–Kier alpha value is -1.93. The van der Waals surface area contributed by atoms with Gasteiger partial charge in [0.2, 0.25) is 0 Å². The summed E-state index contributed by atoms with van der Waals surface area (Å²) in [5, 5.41) is 8.47. The molecule has 0 aromatic heterocycles. The van der Waals surface area contributed by atoms with Gasteiger partial charge in [0.05, 0.1) is 6.07 Å². The van der Waals surface area contributed by atoms with Crippen LogP contribution in [0.5, 0.6) is 0 Å². The summed E-state index contributed by atoms with van der Waals surface area (Å²) in [6.07, 6.45) is 5.22. The van der Waals surface area contributed by atoms with E-state index >= 15 is 0 Å². The molecule has 0 bridgehead atoms. The molecule has 0 saturated carbocycles. The lowest BCUT2D eigenvalue weighted by Crippen LogP contribution is -2.16. The first-order valence-corrected chi connectivity index (χ1v) is 3.92. The maximum atomic E-state index is 8.47. The van der Waals surface area contributed by atoms with E-state index in [9.17, 15) is 0 Å². The standard InChI is InChI=1S/C11H10N2/c1-3-10-4-6-11(7-5-10)13(2)9-8-12/h1,4-7H,9H2,2H3. The quantitative estimate of drug-likeness (QED) is 0.498. The van der Waals surface area contributed by atoms with E-state index in [1.54, 1.807) is 0 Å². The fourth-order valence-electron chi connectivity index (χ4n) is 1.01. The van der Waals surface area contributed by atoms with E-state index in [0.29, 0.717) is 6.54 Å². The van der Waals surface area contributed by atoms with Gasteiger partial charge in [-0.05, 0) is 24.3 Å². The molecule has 0 aliphatic rings. The molecule has 0 heterocycles. The van der Waals surface area contributed by atoms with Crippen molar-refractivity contribution in [2.24, 2.45) is 0 Å². The summed E-state index contributed by atoms with van der Waals surface area (Å²) < 4.78 is 0. The minimum atomic E-state index is 0.384. The third-order valence-corrected chi connectivity index (χ3v) is 1.78. The highest BCUT2D eigenvalue weighted by Gasteiger charge is 1.97. The van der Waals surface area contributed by atoms with Gasteiger partial charge in [-0.15, -0.1) is 6.42 Å². The van der Waals surface area contributed by atoms with Crippen LogP contribution in [0.4, 0.5) is 5.69 Å². The van der Waals surface area contributed by atoms with Crippen LogP contribution >= 0.6 is 0 Å². The van der Waals surface area contributed by atoms with E-state index in [0.717, 1.165) is 11.3 Å². The number of anilines is 1. The number of terminal acetylenes is 1. The molecule has 0 aliphatic heterocycles. The van der Waals surface area contributed by atoms with Crippen molar-refractivity contribution in [1.82, 2.24) is 0 Å². The molecule has 2 nitrogen and oxygen atoms in total. The minimum Gasteiger partial charge on any atom is -0.361 e. The van der Waals surface area contributed by atoms with Crippen molar-refractivity contribution in [2.75, 3.05) is 18.5 Å². The van der Waals surface area contributed by atoms with Gasteiger partial charge in [0.1, 0.15) is 6.54 Å². The molecule has 0 saturated heterocycles. The second kappa shape index (κ2) is 4.18. The molecule has 0 N–H and O–H groups in total. The van der Waals surface area contributed by atoms with Crippen LogP contribution in [-0.2, 0) is 0 Å². The van der Waals surface area contributed by atoms with E-state index in [1.807, 2.05) is 36.2 Å². The molecule has 0 amide bonds. The van der Waals surface area contributed by atoms with Crippen LogP contribution in [0.25, 0.3) is 0 Å². The van der Waals surface area contributed by atoms with Crippen molar-refractivity contribution in [1.29, 1.82) is 5.26 Å². The highest BCUT2D eigenvalue weighted by Crippen LogP contribution is 2.12. The van der Waals surface area contributed by atoms with E-state index in [-0.39, 0.29) is 0 Å². The summed E-state index contributed by atoms with van der Waals surface area (Å²) in [6.45, 7) is 0.384. The molecule has 2 heteroatoms. The van der Waals surface area contributed by atoms with Gasteiger partial charge in [-0.25, -0.2) is 0 Å². The fourth-order valence-corrected chi connectivity index (χ4v) is 1.01. The van der Waals surface area contributed by atoms with Crippen molar-refractivity contribution in [3.8, 4) is 18.4 Å². The maximum Gasteiger partial charge on any atom is 0.105 e. The van der Waals surface area contributed by atoms with Crippen LogP contribution in [0, 0.1) is 23.7 Å². The normalized spacial score (nSPS) is 8.54. The van der Waals surface area contributed by atoms with Crippen LogP contribution in [0.2, 0.25) is 0 Å². The molecule has 0 aliphatic carbocycles. The molecule has 0 fully saturated rings. The summed E-state index contributed by atoms with van der Waals surface area (Å²) >= 11 is 0. The lowest BCUT2D eigenvalue weighted by molar-refractivity contribution is 1.04. The third-order valence-electron chi connectivity index (χ3n) is 1.78. The van der Waals surface area contributed by atoms with E-state index in [4.69, 9.17) is 11.7 Å². The number of hydrogen-bond acceptors (Lipinski definition) is 2. The molecule has 0 radical (unpaired) electrons. The van der Waals surface area contributed by atoms with Crippen molar-refractivity contribution in [3.05, 3.63) is 29.8 Å². The number of nitriles is 1. The number of nitrogens with zero attached hydrogens (tertiary/aromatic N) is 2. The Balaban J connectivity index is 2.82. The zero-order chi connectivity index (χ0) is 9.68. The summed E-state index contributed by atoms with van der Waals surface area (Å²) in [4.78, 5) is 1.86. The molecule has 1 rings (SSSR count). The minimum absolute atomic E-state index is 0.384. The maximum absolute atomic E-state index is 8.47. The van der Waals surface area contributed by atoms with Gasteiger partial charge in [-0.3, -0.25) is 0 Å². The Kier molecular flexibility index (Phi) is 2.95. The first kappa shape index (κ1) is 9.16. The third kappa shape index (κ3) is 2.25. The molecular formula is C11H10N2. The van der Waals surface area contributed by atoms with Crippen LogP contribution in [0.15, 0.2) is 24.3 Å². The van der Waals surface area contributed by atoms with Crippen LogP contribution in [0.3, 0.4) is 0 Å². The average molecular weight is 170 g/mol. The summed E-state index contributed by atoms with van der Waals surface area (Å²) in [5.74, 6) is 2.54. The van der Waals surface area contributed by atoms with E-state index < -0.39 is 0 Å². The Morgan fingerprint density at radius 1 is 1.38 bits per heavy atom. The molecule has 0 spiro atoms. The van der Waals surface area contributed by atoms with Crippen molar-refractivity contribution in [2.45, 2.75) is 0 Å². The zero-order valence-electron chi connectivity index (χ0n) is 7.49.